The number of methoxy groups -OCH3 is 1. The van der Waals surface area contributed by atoms with Crippen molar-refractivity contribution in [2.45, 2.75) is 0 Å². The minimum atomic E-state index is -0.409. The highest BCUT2D eigenvalue weighted by Crippen LogP contribution is 2.16. The lowest BCUT2D eigenvalue weighted by Gasteiger charge is -2.03. The Kier molecular flexibility index (Phi) is 3.88. The molecule has 0 radical (unpaired) electrons. The normalized spacial score (nSPS) is 10.5. The summed E-state index contributed by atoms with van der Waals surface area (Å²) >= 11 is 0. The van der Waals surface area contributed by atoms with Crippen LogP contribution in [0.1, 0.15) is 15.9 Å². The van der Waals surface area contributed by atoms with Gasteiger partial charge in [-0.3, -0.25) is 0 Å². The number of aliphatic hydroxyl groups excluding tert-OH is 1. The lowest BCUT2D eigenvalue weighted by Crippen LogP contribution is -2.02. The van der Waals surface area contributed by atoms with E-state index in [2.05, 4.69) is 4.74 Å². The maximum atomic E-state index is 11.2. The molecule has 0 aliphatic heterocycles. The Morgan fingerprint density at radius 3 is 2.93 bits per heavy atom. The standard InChI is InChI=1S/C11H13NO3/c1-15-11(14)9-4-5-10(12)8(7-9)3-2-6-13/h2-5,7,13H,6,12H2,1H3. The molecule has 0 saturated carbocycles. The number of hydrogen-bond acceptors (Lipinski definition) is 4. The van der Waals surface area contributed by atoms with Crippen LogP contribution in [0.15, 0.2) is 24.3 Å². The largest absolute Gasteiger partial charge is 0.465 e. The zero-order chi connectivity index (χ0) is 11.3. The molecule has 0 fully saturated rings. The van der Waals surface area contributed by atoms with E-state index in [0.29, 0.717) is 16.8 Å². The minimum absolute atomic E-state index is 0.0676. The van der Waals surface area contributed by atoms with Gasteiger partial charge in [0.1, 0.15) is 0 Å². The van der Waals surface area contributed by atoms with E-state index in [0.717, 1.165) is 0 Å². The Hall–Kier alpha value is -1.81. The van der Waals surface area contributed by atoms with Crippen LogP contribution >= 0.6 is 0 Å². The van der Waals surface area contributed by atoms with Crippen LogP contribution in [0.4, 0.5) is 5.69 Å². The topological polar surface area (TPSA) is 72.5 Å². The van der Waals surface area contributed by atoms with Gasteiger partial charge in [0.05, 0.1) is 19.3 Å². The second kappa shape index (κ2) is 5.17. The van der Waals surface area contributed by atoms with Crippen LogP contribution in [0.25, 0.3) is 6.08 Å². The summed E-state index contributed by atoms with van der Waals surface area (Å²) in [5.41, 5.74) is 7.36. The highest BCUT2D eigenvalue weighted by Gasteiger charge is 2.06. The molecule has 0 aliphatic rings. The maximum Gasteiger partial charge on any atom is 0.337 e. The number of hydrogen-bond donors (Lipinski definition) is 2. The summed E-state index contributed by atoms with van der Waals surface area (Å²) in [5, 5.41) is 8.62. The van der Waals surface area contributed by atoms with Gasteiger partial charge in [-0.1, -0.05) is 12.2 Å². The summed E-state index contributed by atoms with van der Waals surface area (Å²) in [6.45, 7) is -0.0676. The van der Waals surface area contributed by atoms with Crippen LogP contribution in [0.3, 0.4) is 0 Å². The molecular weight excluding hydrogens is 194 g/mol. The Morgan fingerprint density at radius 1 is 1.60 bits per heavy atom. The van der Waals surface area contributed by atoms with Crippen molar-refractivity contribution in [1.82, 2.24) is 0 Å². The summed E-state index contributed by atoms with van der Waals surface area (Å²) in [5.74, 6) is -0.409. The predicted molar refractivity (Wildman–Crippen MR) is 58.3 cm³/mol. The molecule has 1 aromatic rings. The number of esters is 1. The van der Waals surface area contributed by atoms with E-state index in [-0.39, 0.29) is 6.61 Å². The van der Waals surface area contributed by atoms with E-state index in [4.69, 9.17) is 10.8 Å². The molecule has 0 unspecified atom stereocenters. The molecule has 15 heavy (non-hydrogen) atoms. The average molecular weight is 207 g/mol. The molecule has 0 bridgehead atoms. The van der Waals surface area contributed by atoms with Crippen molar-refractivity contribution >= 4 is 17.7 Å². The van der Waals surface area contributed by atoms with Gasteiger partial charge in [0.25, 0.3) is 0 Å². The lowest BCUT2D eigenvalue weighted by molar-refractivity contribution is 0.0600. The smallest absolute Gasteiger partial charge is 0.337 e. The number of benzene rings is 1. The number of ether oxygens (including phenoxy) is 1. The van der Waals surface area contributed by atoms with Crippen molar-refractivity contribution in [1.29, 1.82) is 0 Å². The molecule has 1 rings (SSSR count). The second-order valence-electron chi connectivity index (χ2n) is 2.92. The van der Waals surface area contributed by atoms with E-state index in [1.54, 1.807) is 30.4 Å². The molecule has 4 heteroatoms. The first-order chi connectivity index (χ1) is 7.19. The fraction of sp³-hybridized carbons (Fsp3) is 0.182. The summed E-state index contributed by atoms with van der Waals surface area (Å²) in [7, 11) is 1.32. The molecule has 4 nitrogen and oxygen atoms in total. The quantitative estimate of drug-likeness (QED) is 0.574. The number of carbonyl (C=O) groups is 1. The summed E-state index contributed by atoms with van der Waals surface area (Å²) in [4.78, 5) is 11.2. The van der Waals surface area contributed by atoms with Crippen LogP contribution in [-0.4, -0.2) is 24.8 Å². The molecule has 3 N–H and O–H groups in total. The molecule has 0 saturated heterocycles. The first-order valence-electron chi connectivity index (χ1n) is 4.44. The van der Waals surface area contributed by atoms with Crippen molar-refractivity contribution in [2.75, 3.05) is 19.5 Å². The van der Waals surface area contributed by atoms with Gasteiger partial charge in [0.2, 0.25) is 0 Å². The van der Waals surface area contributed by atoms with Gasteiger partial charge in [-0.25, -0.2) is 4.79 Å². The number of carbonyl (C=O) groups excluding carboxylic acids is 1. The van der Waals surface area contributed by atoms with E-state index in [1.165, 1.54) is 7.11 Å². The molecule has 0 spiro atoms. The third-order valence-electron chi connectivity index (χ3n) is 1.91. The SMILES string of the molecule is COC(=O)c1ccc(N)c(C=CCO)c1. The van der Waals surface area contributed by atoms with Gasteiger partial charge < -0.3 is 15.6 Å². The van der Waals surface area contributed by atoms with Crippen LogP contribution < -0.4 is 5.73 Å². The predicted octanol–water partition coefficient (Wildman–Crippen LogP) is 1.06. The fourth-order valence-corrected chi connectivity index (χ4v) is 1.14. The van der Waals surface area contributed by atoms with Gasteiger partial charge in [-0.05, 0) is 23.8 Å². The van der Waals surface area contributed by atoms with E-state index in [1.807, 2.05) is 0 Å². The fourth-order valence-electron chi connectivity index (χ4n) is 1.14. The van der Waals surface area contributed by atoms with Crippen molar-refractivity contribution in [3.8, 4) is 0 Å². The third-order valence-corrected chi connectivity index (χ3v) is 1.91. The van der Waals surface area contributed by atoms with E-state index in [9.17, 15) is 4.79 Å². The molecule has 1 aromatic carbocycles. The maximum absolute atomic E-state index is 11.2. The van der Waals surface area contributed by atoms with Gasteiger partial charge in [0, 0.05) is 5.69 Å². The van der Waals surface area contributed by atoms with Gasteiger partial charge in [-0.2, -0.15) is 0 Å². The Bertz CT molecular complexity index is 385. The zero-order valence-electron chi connectivity index (χ0n) is 8.43. The first-order valence-corrected chi connectivity index (χ1v) is 4.44. The molecule has 80 valence electrons. The molecule has 0 atom stereocenters. The van der Waals surface area contributed by atoms with Crippen molar-refractivity contribution in [3.63, 3.8) is 0 Å². The molecule has 0 amide bonds. The Balaban J connectivity index is 3.05. The Labute approximate surface area is 88.0 Å². The molecule has 0 heterocycles. The second-order valence-corrected chi connectivity index (χ2v) is 2.92. The lowest BCUT2D eigenvalue weighted by atomic mass is 10.1. The first kappa shape index (κ1) is 11.3. The average Bonchev–Trinajstić information content (AvgIpc) is 2.27. The summed E-state index contributed by atoms with van der Waals surface area (Å²) in [6, 6.07) is 4.84. The number of nitrogens with two attached hydrogens (primary N) is 1. The monoisotopic (exact) mass is 207 g/mol. The number of anilines is 1. The zero-order valence-corrected chi connectivity index (χ0v) is 8.43. The van der Waals surface area contributed by atoms with Crippen molar-refractivity contribution in [2.24, 2.45) is 0 Å². The summed E-state index contributed by atoms with van der Waals surface area (Å²) < 4.78 is 4.58. The van der Waals surface area contributed by atoms with Crippen LogP contribution in [0.5, 0.6) is 0 Å². The third kappa shape index (κ3) is 2.82. The molecule has 0 aromatic heterocycles. The van der Waals surface area contributed by atoms with Gasteiger partial charge >= 0.3 is 5.97 Å². The van der Waals surface area contributed by atoms with Crippen molar-refractivity contribution in [3.05, 3.63) is 35.4 Å². The van der Waals surface area contributed by atoms with E-state index < -0.39 is 5.97 Å². The highest BCUT2D eigenvalue weighted by atomic mass is 16.5. The number of nitrogen functional groups attached to an aromatic ring is 1. The van der Waals surface area contributed by atoms with Crippen LogP contribution in [0.2, 0.25) is 0 Å². The van der Waals surface area contributed by atoms with Crippen LogP contribution in [-0.2, 0) is 4.74 Å². The van der Waals surface area contributed by atoms with Gasteiger partial charge in [0.15, 0.2) is 0 Å². The Morgan fingerprint density at radius 2 is 2.33 bits per heavy atom. The van der Waals surface area contributed by atoms with E-state index >= 15 is 0 Å². The highest BCUT2D eigenvalue weighted by molar-refractivity contribution is 5.91. The minimum Gasteiger partial charge on any atom is -0.465 e. The number of rotatable bonds is 3. The summed E-state index contributed by atoms with van der Waals surface area (Å²) in [6.07, 6.45) is 3.20. The van der Waals surface area contributed by atoms with Gasteiger partial charge in [-0.15, -0.1) is 0 Å². The molecule has 0 aliphatic carbocycles. The van der Waals surface area contributed by atoms with Crippen LogP contribution in [0, 0.1) is 0 Å². The van der Waals surface area contributed by atoms with Crippen molar-refractivity contribution < 1.29 is 14.6 Å². The number of aliphatic hydroxyl groups is 1. The molecular formula is C11H13NO3.